The van der Waals surface area contributed by atoms with Crippen molar-refractivity contribution in [1.29, 1.82) is 0 Å². The van der Waals surface area contributed by atoms with Crippen LogP contribution in [0.3, 0.4) is 0 Å². The normalized spacial score (nSPS) is 10.3. The largest absolute Gasteiger partial charge is 0.458 e. The minimum atomic E-state index is 0.371. The molecular formula is C12H18N2O. The van der Waals surface area contributed by atoms with Crippen LogP contribution in [0.15, 0.2) is 16.8 Å². The first-order valence-electron chi connectivity index (χ1n) is 5.39. The highest BCUT2D eigenvalue weighted by molar-refractivity contribution is 5.75. The van der Waals surface area contributed by atoms with Crippen molar-refractivity contribution in [2.45, 2.75) is 40.5 Å². The molecule has 0 aliphatic rings. The number of furan rings is 1. The summed E-state index contributed by atoms with van der Waals surface area (Å²) in [7, 11) is 0. The molecule has 2 heterocycles. The molecule has 3 heteroatoms. The van der Waals surface area contributed by atoms with E-state index >= 15 is 0 Å². The maximum atomic E-state index is 5.54. The quantitative estimate of drug-likeness (QED) is 0.714. The van der Waals surface area contributed by atoms with Gasteiger partial charge in [-0.2, -0.15) is 0 Å². The molecule has 15 heavy (non-hydrogen) atoms. The minimum absolute atomic E-state index is 0.371. The van der Waals surface area contributed by atoms with Gasteiger partial charge in [-0.1, -0.05) is 27.7 Å². The van der Waals surface area contributed by atoms with Crippen molar-refractivity contribution in [3.63, 3.8) is 0 Å². The molecule has 0 saturated carbocycles. The molecular weight excluding hydrogens is 188 g/mol. The summed E-state index contributed by atoms with van der Waals surface area (Å²) in [6.07, 6.45) is 1.59. The predicted molar refractivity (Wildman–Crippen MR) is 62.0 cm³/mol. The molecule has 2 rings (SSSR count). The molecule has 0 saturated heterocycles. The lowest BCUT2D eigenvalue weighted by molar-refractivity contribution is 0.568. The molecule has 0 amide bonds. The maximum Gasteiger partial charge on any atom is 0.174 e. The van der Waals surface area contributed by atoms with E-state index < -0.39 is 0 Å². The van der Waals surface area contributed by atoms with E-state index in [0.29, 0.717) is 5.92 Å². The molecule has 0 bridgehead atoms. The molecule has 82 valence electrons. The monoisotopic (exact) mass is 206 g/mol. The fraction of sp³-hybridized carbons (Fsp3) is 0.500. The molecule has 2 aromatic heterocycles. The van der Waals surface area contributed by atoms with Gasteiger partial charge in [-0.15, -0.1) is 0 Å². The van der Waals surface area contributed by atoms with E-state index in [-0.39, 0.29) is 0 Å². The molecule has 0 aliphatic heterocycles. The summed E-state index contributed by atoms with van der Waals surface area (Å²) in [5, 5.41) is 0. The molecule has 0 fully saturated rings. The average Bonchev–Trinajstić information content (AvgIpc) is 2.60. The Morgan fingerprint density at radius 2 is 1.87 bits per heavy atom. The summed E-state index contributed by atoms with van der Waals surface area (Å²) in [5.74, 6) is 1.26. The van der Waals surface area contributed by atoms with Crippen LogP contribution in [0.2, 0.25) is 0 Å². The molecule has 2 aromatic rings. The van der Waals surface area contributed by atoms with Crippen molar-refractivity contribution >= 4 is 11.1 Å². The van der Waals surface area contributed by atoms with Crippen LogP contribution in [0, 0.1) is 6.92 Å². The van der Waals surface area contributed by atoms with Crippen LogP contribution in [0.5, 0.6) is 0 Å². The van der Waals surface area contributed by atoms with E-state index in [0.717, 1.165) is 22.6 Å². The second-order valence-electron chi connectivity index (χ2n) is 3.49. The van der Waals surface area contributed by atoms with E-state index in [4.69, 9.17) is 4.42 Å². The molecule has 0 radical (unpaired) electrons. The van der Waals surface area contributed by atoms with Crippen molar-refractivity contribution in [3.05, 3.63) is 23.8 Å². The molecule has 0 spiro atoms. The summed E-state index contributed by atoms with van der Waals surface area (Å²) in [5.41, 5.74) is 2.71. The van der Waals surface area contributed by atoms with Gasteiger partial charge >= 0.3 is 0 Å². The zero-order valence-corrected chi connectivity index (χ0v) is 10.0. The van der Waals surface area contributed by atoms with Gasteiger partial charge in [0.05, 0.1) is 5.69 Å². The fourth-order valence-electron chi connectivity index (χ4n) is 1.40. The lowest BCUT2D eigenvalue weighted by Gasteiger charge is -2.02. The zero-order chi connectivity index (χ0) is 11.4. The van der Waals surface area contributed by atoms with Gasteiger partial charge in [0.25, 0.3) is 0 Å². The molecule has 0 unspecified atom stereocenters. The fourth-order valence-corrected chi connectivity index (χ4v) is 1.40. The molecule has 0 atom stereocenters. The van der Waals surface area contributed by atoms with Crippen molar-refractivity contribution in [1.82, 2.24) is 9.97 Å². The lowest BCUT2D eigenvalue weighted by atomic mass is 10.1. The minimum Gasteiger partial charge on any atom is -0.458 e. The van der Waals surface area contributed by atoms with Crippen LogP contribution in [0.4, 0.5) is 0 Å². The summed E-state index contributed by atoms with van der Waals surface area (Å²) in [6, 6.07) is 1.93. The first-order chi connectivity index (χ1) is 7.18. The van der Waals surface area contributed by atoms with Gasteiger partial charge < -0.3 is 4.42 Å². The molecule has 0 aromatic carbocycles. The standard InChI is InChI=1S/C10H12N2O.C2H6/c1-6(2)9-10-8(11-5-12-9)4-7(3)13-10;1-2/h4-6H,1-3H3;1-2H3. The number of aryl methyl sites for hydroxylation is 1. The Morgan fingerprint density at radius 3 is 2.47 bits per heavy atom. The van der Waals surface area contributed by atoms with Crippen LogP contribution in [0.25, 0.3) is 11.1 Å². The molecule has 0 aliphatic carbocycles. The Morgan fingerprint density at radius 1 is 1.20 bits per heavy atom. The van der Waals surface area contributed by atoms with Gasteiger partial charge in [0.15, 0.2) is 5.58 Å². The number of hydrogen-bond acceptors (Lipinski definition) is 3. The number of fused-ring (bicyclic) bond motifs is 1. The maximum absolute atomic E-state index is 5.54. The number of aromatic nitrogens is 2. The van der Waals surface area contributed by atoms with Crippen LogP contribution in [-0.4, -0.2) is 9.97 Å². The number of hydrogen-bond donors (Lipinski definition) is 0. The number of nitrogens with zero attached hydrogens (tertiary/aromatic N) is 2. The highest BCUT2D eigenvalue weighted by Crippen LogP contribution is 2.23. The highest BCUT2D eigenvalue weighted by Gasteiger charge is 2.11. The smallest absolute Gasteiger partial charge is 0.174 e. The third-order valence-corrected chi connectivity index (χ3v) is 2.01. The van der Waals surface area contributed by atoms with E-state index in [2.05, 4.69) is 23.8 Å². The van der Waals surface area contributed by atoms with E-state index in [1.54, 1.807) is 6.33 Å². The van der Waals surface area contributed by atoms with Gasteiger partial charge in [0.2, 0.25) is 0 Å². The second-order valence-corrected chi connectivity index (χ2v) is 3.49. The summed E-state index contributed by atoms with van der Waals surface area (Å²) in [6.45, 7) is 10.1. The van der Waals surface area contributed by atoms with Gasteiger partial charge in [-0.3, -0.25) is 0 Å². The third-order valence-electron chi connectivity index (χ3n) is 2.01. The zero-order valence-electron chi connectivity index (χ0n) is 10.0. The van der Waals surface area contributed by atoms with Crippen molar-refractivity contribution in [3.8, 4) is 0 Å². The van der Waals surface area contributed by atoms with Crippen molar-refractivity contribution in [2.24, 2.45) is 0 Å². The Kier molecular flexibility index (Phi) is 3.83. The van der Waals surface area contributed by atoms with Crippen LogP contribution in [0.1, 0.15) is 45.1 Å². The van der Waals surface area contributed by atoms with E-state index in [9.17, 15) is 0 Å². The van der Waals surface area contributed by atoms with Crippen molar-refractivity contribution in [2.75, 3.05) is 0 Å². The molecule has 0 N–H and O–H groups in total. The van der Waals surface area contributed by atoms with E-state index in [1.807, 2.05) is 26.8 Å². The Hall–Kier alpha value is -1.38. The highest BCUT2D eigenvalue weighted by atomic mass is 16.3. The third kappa shape index (κ3) is 2.35. The SMILES string of the molecule is CC.Cc1cc2ncnc(C(C)C)c2o1. The summed E-state index contributed by atoms with van der Waals surface area (Å²) < 4.78 is 5.54. The average molecular weight is 206 g/mol. The summed E-state index contributed by atoms with van der Waals surface area (Å²) >= 11 is 0. The summed E-state index contributed by atoms with van der Waals surface area (Å²) in [4.78, 5) is 8.36. The second kappa shape index (κ2) is 4.91. The van der Waals surface area contributed by atoms with Crippen LogP contribution in [-0.2, 0) is 0 Å². The Labute approximate surface area is 90.5 Å². The van der Waals surface area contributed by atoms with Crippen molar-refractivity contribution < 1.29 is 4.42 Å². The van der Waals surface area contributed by atoms with Crippen LogP contribution >= 0.6 is 0 Å². The predicted octanol–water partition coefficient (Wildman–Crippen LogP) is 3.68. The van der Waals surface area contributed by atoms with Gasteiger partial charge in [-0.05, 0) is 12.8 Å². The van der Waals surface area contributed by atoms with Gasteiger partial charge in [0.1, 0.15) is 17.6 Å². The van der Waals surface area contributed by atoms with Gasteiger partial charge in [-0.25, -0.2) is 9.97 Å². The van der Waals surface area contributed by atoms with Crippen LogP contribution < -0.4 is 0 Å². The van der Waals surface area contributed by atoms with E-state index in [1.165, 1.54) is 0 Å². The Balaban J connectivity index is 0.000000531. The first kappa shape index (κ1) is 11.7. The topological polar surface area (TPSA) is 38.9 Å². The van der Waals surface area contributed by atoms with Gasteiger partial charge in [0, 0.05) is 6.07 Å². The lowest BCUT2D eigenvalue weighted by Crippen LogP contribution is -1.93. The molecule has 3 nitrogen and oxygen atoms in total. The number of rotatable bonds is 1. The first-order valence-corrected chi connectivity index (χ1v) is 5.39. The Bertz CT molecular complexity index is 432.